The molecule has 0 spiro atoms. The number of benzene rings is 1. The van der Waals surface area contributed by atoms with E-state index >= 15 is 0 Å². The minimum Gasteiger partial charge on any atom is -0.506 e. The van der Waals surface area contributed by atoms with Crippen LogP contribution in [0.5, 0.6) is 5.75 Å². The summed E-state index contributed by atoms with van der Waals surface area (Å²) in [5, 5.41) is 9.67. The number of phenols is 1. The molecule has 13 heavy (non-hydrogen) atoms. The molecular weight excluding hydrogens is 300 g/mol. The molecule has 0 fully saturated rings. The summed E-state index contributed by atoms with van der Waals surface area (Å²) < 4.78 is 1.39. The first kappa shape index (κ1) is 11.0. The quantitative estimate of drug-likeness (QED) is 0.781. The topological polar surface area (TPSA) is 72.3 Å². The van der Waals surface area contributed by atoms with Gasteiger partial charge >= 0.3 is 0 Å². The van der Waals surface area contributed by atoms with E-state index in [9.17, 15) is 5.11 Å². The largest absolute Gasteiger partial charge is 0.506 e. The molecule has 1 atom stereocenters. The third-order valence-electron chi connectivity index (χ3n) is 1.74. The van der Waals surface area contributed by atoms with E-state index in [0.29, 0.717) is 16.6 Å². The Morgan fingerprint density at radius 2 is 1.85 bits per heavy atom. The van der Waals surface area contributed by atoms with Crippen molar-refractivity contribution in [3.63, 3.8) is 0 Å². The lowest BCUT2D eigenvalue weighted by Crippen LogP contribution is -2.21. The second-order valence-electron chi connectivity index (χ2n) is 2.63. The first-order chi connectivity index (χ1) is 6.07. The molecule has 5 heteroatoms. The summed E-state index contributed by atoms with van der Waals surface area (Å²) in [6, 6.07) is 3.20. The van der Waals surface area contributed by atoms with Gasteiger partial charge in [-0.25, -0.2) is 0 Å². The average molecular weight is 310 g/mol. The molecule has 0 unspecified atom stereocenters. The van der Waals surface area contributed by atoms with Crippen LogP contribution in [0, 0.1) is 0 Å². The van der Waals surface area contributed by atoms with Gasteiger partial charge in [0.1, 0.15) is 5.75 Å². The maximum atomic E-state index is 9.67. The zero-order valence-corrected chi connectivity index (χ0v) is 9.97. The molecular formula is C8H10Br2N2O. The average Bonchev–Trinajstić information content (AvgIpc) is 2.12. The molecule has 0 aliphatic carbocycles. The molecule has 0 saturated carbocycles. The highest BCUT2D eigenvalue weighted by Crippen LogP contribution is 2.36. The molecule has 0 radical (unpaired) electrons. The lowest BCUT2D eigenvalue weighted by molar-refractivity contribution is 0.458. The number of rotatable bonds is 2. The molecule has 5 N–H and O–H groups in total. The van der Waals surface area contributed by atoms with Crippen LogP contribution < -0.4 is 11.5 Å². The molecule has 0 aromatic heterocycles. The van der Waals surface area contributed by atoms with Gasteiger partial charge in [0, 0.05) is 22.6 Å². The zero-order chi connectivity index (χ0) is 10.0. The molecule has 1 rings (SSSR count). The van der Waals surface area contributed by atoms with Crippen LogP contribution in [0.3, 0.4) is 0 Å². The molecule has 0 aliphatic heterocycles. The molecule has 1 aromatic rings. The van der Waals surface area contributed by atoms with Crippen molar-refractivity contribution in [1.82, 2.24) is 0 Å². The summed E-state index contributed by atoms with van der Waals surface area (Å²) in [5.74, 6) is 0.146. The second kappa shape index (κ2) is 4.41. The number of hydrogen-bond donors (Lipinski definition) is 3. The Morgan fingerprint density at radius 1 is 1.31 bits per heavy atom. The Labute approximate surface area is 93.4 Å². The van der Waals surface area contributed by atoms with Gasteiger partial charge in [-0.3, -0.25) is 0 Å². The highest BCUT2D eigenvalue weighted by molar-refractivity contribution is 9.11. The fourth-order valence-electron chi connectivity index (χ4n) is 1.03. The van der Waals surface area contributed by atoms with Gasteiger partial charge in [0.05, 0.1) is 4.47 Å². The van der Waals surface area contributed by atoms with Crippen LogP contribution in [-0.2, 0) is 0 Å². The Bertz CT molecular complexity index is 317. The smallest absolute Gasteiger partial charge is 0.135 e. The Kier molecular flexibility index (Phi) is 3.73. The van der Waals surface area contributed by atoms with Gasteiger partial charge < -0.3 is 16.6 Å². The van der Waals surface area contributed by atoms with Crippen LogP contribution in [-0.4, -0.2) is 11.7 Å². The van der Waals surface area contributed by atoms with Gasteiger partial charge in [0.2, 0.25) is 0 Å². The van der Waals surface area contributed by atoms with E-state index in [2.05, 4.69) is 31.9 Å². The molecule has 0 heterocycles. The summed E-state index contributed by atoms with van der Waals surface area (Å²) in [4.78, 5) is 0. The van der Waals surface area contributed by atoms with Gasteiger partial charge in [0.25, 0.3) is 0 Å². The normalized spacial score (nSPS) is 12.9. The summed E-state index contributed by atoms with van der Waals surface area (Å²) in [6.45, 7) is 0.294. The standard InChI is InChI=1S/C8H10Br2N2O/c9-4-1-2-5(10)8(13)7(4)6(12)3-11/h1-2,6,13H,3,11-12H2/t6-/m1/s1. The van der Waals surface area contributed by atoms with Gasteiger partial charge in [-0.2, -0.15) is 0 Å². The number of nitrogens with two attached hydrogens (primary N) is 2. The molecule has 72 valence electrons. The zero-order valence-electron chi connectivity index (χ0n) is 6.80. The predicted octanol–water partition coefficient (Wildman–Crippen LogP) is 1.88. The van der Waals surface area contributed by atoms with Crippen molar-refractivity contribution in [2.24, 2.45) is 11.5 Å². The number of phenolic OH excluding ortho intramolecular Hbond substituents is 1. The Hall–Kier alpha value is -0.100. The predicted molar refractivity (Wildman–Crippen MR) is 59.5 cm³/mol. The fraction of sp³-hybridized carbons (Fsp3) is 0.250. The van der Waals surface area contributed by atoms with E-state index < -0.39 is 0 Å². The highest BCUT2D eigenvalue weighted by atomic mass is 79.9. The van der Waals surface area contributed by atoms with Gasteiger partial charge in [-0.1, -0.05) is 15.9 Å². The summed E-state index contributed by atoms with van der Waals surface area (Å²) in [7, 11) is 0. The van der Waals surface area contributed by atoms with E-state index in [1.807, 2.05) is 6.07 Å². The van der Waals surface area contributed by atoms with E-state index in [4.69, 9.17) is 11.5 Å². The molecule has 0 bridgehead atoms. The van der Waals surface area contributed by atoms with Crippen molar-refractivity contribution in [3.05, 3.63) is 26.6 Å². The molecule has 0 aliphatic rings. The van der Waals surface area contributed by atoms with Gasteiger partial charge in [-0.15, -0.1) is 0 Å². The van der Waals surface area contributed by atoms with E-state index in [0.717, 1.165) is 4.47 Å². The Morgan fingerprint density at radius 3 is 2.38 bits per heavy atom. The van der Waals surface area contributed by atoms with Crippen molar-refractivity contribution < 1.29 is 5.11 Å². The van der Waals surface area contributed by atoms with Crippen molar-refractivity contribution >= 4 is 31.9 Å². The summed E-state index contributed by atoms with van der Waals surface area (Å²) >= 11 is 6.52. The fourth-order valence-corrected chi connectivity index (χ4v) is 1.99. The second-order valence-corrected chi connectivity index (χ2v) is 4.34. The maximum Gasteiger partial charge on any atom is 0.135 e. The Balaban J connectivity index is 3.25. The SMILES string of the molecule is NC[C@@H](N)c1c(Br)ccc(Br)c1O. The van der Waals surface area contributed by atoms with E-state index in [-0.39, 0.29) is 11.8 Å². The van der Waals surface area contributed by atoms with Crippen LogP contribution in [0.1, 0.15) is 11.6 Å². The van der Waals surface area contributed by atoms with Crippen molar-refractivity contribution in [3.8, 4) is 5.75 Å². The van der Waals surface area contributed by atoms with Crippen LogP contribution in [0.15, 0.2) is 21.1 Å². The number of halogens is 2. The molecule has 1 aromatic carbocycles. The minimum atomic E-state index is -0.355. The van der Waals surface area contributed by atoms with Crippen molar-refractivity contribution in [2.75, 3.05) is 6.54 Å². The first-order valence-electron chi connectivity index (χ1n) is 3.70. The number of aromatic hydroxyl groups is 1. The first-order valence-corrected chi connectivity index (χ1v) is 5.29. The van der Waals surface area contributed by atoms with Crippen molar-refractivity contribution in [1.29, 1.82) is 0 Å². The van der Waals surface area contributed by atoms with Crippen LogP contribution in [0.25, 0.3) is 0 Å². The summed E-state index contributed by atoms with van der Waals surface area (Å²) in [5.41, 5.74) is 11.8. The van der Waals surface area contributed by atoms with E-state index in [1.54, 1.807) is 6.07 Å². The monoisotopic (exact) mass is 308 g/mol. The van der Waals surface area contributed by atoms with Crippen molar-refractivity contribution in [2.45, 2.75) is 6.04 Å². The molecule has 0 amide bonds. The van der Waals surface area contributed by atoms with Crippen LogP contribution in [0.2, 0.25) is 0 Å². The summed E-state index contributed by atoms with van der Waals surface area (Å²) in [6.07, 6.45) is 0. The lowest BCUT2D eigenvalue weighted by atomic mass is 10.1. The third-order valence-corrected chi connectivity index (χ3v) is 3.07. The molecule has 3 nitrogen and oxygen atoms in total. The van der Waals surface area contributed by atoms with Gasteiger partial charge in [-0.05, 0) is 28.1 Å². The van der Waals surface area contributed by atoms with Crippen LogP contribution >= 0.6 is 31.9 Å². The maximum absolute atomic E-state index is 9.67. The third kappa shape index (κ3) is 2.22. The number of hydrogen-bond acceptors (Lipinski definition) is 3. The minimum absolute atomic E-state index is 0.146. The van der Waals surface area contributed by atoms with Gasteiger partial charge in [0.15, 0.2) is 0 Å². The molecule has 0 saturated heterocycles. The van der Waals surface area contributed by atoms with Crippen LogP contribution in [0.4, 0.5) is 0 Å². The highest BCUT2D eigenvalue weighted by Gasteiger charge is 2.15. The van der Waals surface area contributed by atoms with E-state index in [1.165, 1.54) is 0 Å². The lowest BCUT2D eigenvalue weighted by Gasteiger charge is -2.14.